The van der Waals surface area contributed by atoms with Crippen LogP contribution < -0.4 is 5.32 Å². The van der Waals surface area contributed by atoms with E-state index in [0.29, 0.717) is 12.1 Å². The smallest absolute Gasteiger partial charge is 0.0728 e. The third kappa shape index (κ3) is 3.49. The molecule has 0 radical (unpaired) electrons. The van der Waals surface area contributed by atoms with Gasteiger partial charge in [0.25, 0.3) is 0 Å². The zero-order chi connectivity index (χ0) is 9.52. The number of unbranched alkanes of at least 4 members (excludes halogenated alkanes) is 1. The van der Waals surface area contributed by atoms with Crippen LogP contribution in [0.2, 0.25) is 0 Å². The van der Waals surface area contributed by atoms with Crippen molar-refractivity contribution < 1.29 is 4.74 Å². The second-order valence-electron chi connectivity index (χ2n) is 3.67. The fraction of sp³-hybridized carbons (Fsp3) is 0.818. The number of allylic oxidation sites excluding steroid dienone is 1. The van der Waals surface area contributed by atoms with Crippen molar-refractivity contribution in [1.82, 2.24) is 5.32 Å². The minimum absolute atomic E-state index is 0.454. The summed E-state index contributed by atoms with van der Waals surface area (Å²) < 4.78 is 5.65. The maximum Gasteiger partial charge on any atom is 0.0728 e. The van der Waals surface area contributed by atoms with E-state index in [1.54, 1.807) is 0 Å². The van der Waals surface area contributed by atoms with E-state index in [9.17, 15) is 0 Å². The van der Waals surface area contributed by atoms with Gasteiger partial charge in [-0.05, 0) is 39.2 Å². The quantitative estimate of drug-likeness (QED) is 0.503. The van der Waals surface area contributed by atoms with Gasteiger partial charge in [-0.2, -0.15) is 0 Å². The highest BCUT2D eigenvalue weighted by atomic mass is 16.5. The Labute approximate surface area is 81.4 Å². The molecule has 1 heterocycles. The second-order valence-corrected chi connectivity index (χ2v) is 3.67. The van der Waals surface area contributed by atoms with Crippen LogP contribution in [-0.4, -0.2) is 25.8 Å². The Balaban J connectivity index is 2.20. The first kappa shape index (κ1) is 10.7. The lowest BCUT2D eigenvalue weighted by Gasteiger charge is -2.21. The zero-order valence-corrected chi connectivity index (χ0v) is 8.59. The normalized spacial score (nSPS) is 24.5. The van der Waals surface area contributed by atoms with Crippen LogP contribution in [-0.2, 0) is 4.74 Å². The van der Waals surface area contributed by atoms with Crippen molar-refractivity contribution in [2.75, 3.05) is 13.7 Å². The summed E-state index contributed by atoms with van der Waals surface area (Å²) in [5.41, 5.74) is 0. The Morgan fingerprint density at radius 1 is 1.69 bits per heavy atom. The van der Waals surface area contributed by atoms with Gasteiger partial charge in [0.15, 0.2) is 0 Å². The summed E-state index contributed by atoms with van der Waals surface area (Å²) in [5, 5.41) is 3.34. The fourth-order valence-electron chi connectivity index (χ4n) is 1.92. The molecular weight excluding hydrogens is 162 g/mol. The van der Waals surface area contributed by atoms with Crippen LogP contribution in [0.15, 0.2) is 12.7 Å². The maximum absolute atomic E-state index is 5.65. The molecule has 1 aliphatic rings. The van der Waals surface area contributed by atoms with Gasteiger partial charge in [0.2, 0.25) is 0 Å². The molecular formula is C11H21NO. The van der Waals surface area contributed by atoms with Gasteiger partial charge in [0.1, 0.15) is 0 Å². The molecule has 13 heavy (non-hydrogen) atoms. The number of ether oxygens (including phenoxy) is 1. The number of rotatable bonds is 6. The van der Waals surface area contributed by atoms with E-state index in [1.165, 1.54) is 25.7 Å². The van der Waals surface area contributed by atoms with E-state index < -0.39 is 0 Å². The Morgan fingerprint density at radius 2 is 2.54 bits per heavy atom. The zero-order valence-electron chi connectivity index (χ0n) is 8.59. The fourth-order valence-corrected chi connectivity index (χ4v) is 1.92. The van der Waals surface area contributed by atoms with Crippen molar-refractivity contribution in [1.29, 1.82) is 0 Å². The Bertz CT molecular complexity index is 141. The topological polar surface area (TPSA) is 21.3 Å². The number of hydrogen-bond acceptors (Lipinski definition) is 2. The third-order valence-corrected chi connectivity index (χ3v) is 2.71. The van der Waals surface area contributed by atoms with Gasteiger partial charge >= 0.3 is 0 Å². The third-order valence-electron chi connectivity index (χ3n) is 2.71. The van der Waals surface area contributed by atoms with Crippen LogP contribution in [0, 0.1) is 0 Å². The van der Waals surface area contributed by atoms with Crippen LogP contribution in [0.25, 0.3) is 0 Å². The molecule has 0 aliphatic carbocycles. The van der Waals surface area contributed by atoms with Crippen LogP contribution in [0.3, 0.4) is 0 Å². The molecule has 76 valence electrons. The average molecular weight is 183 g/mol. The molecule has 2 atom stereocenters. The summed E-state index contributed by atoms with van der Waals surface area (Å²) in [6.45, 7) is 4.68. The van der Waals surface area contributed by atoms with Gasteiger partial charge in [0, 0.05) is 12.6 Å². The molecule has 1 saturated heterocycles. The summed E-state index contributed by atoms with van der Waals surface area (Å²) in [4.78, 5) is 0. The average Bonchev–Trinajstić information content (AvgIpc) is 2.65. The second kappa shape index (κ2) is 6.17. The molecule has 1 fully saturated rings. The summed E-state index contributed by atoms with van der Waals surface area (Å²) >= 11 is 0. The van der Waals surface area contributed by atoms with E-state index in [-0.39, 0.29) is 0 Å². The Kier molecular flexibility index (Phi) is 5.09. The molecule has 1 aliphatic heterocycles. The van der Waals surface area contributed by atoms with E-state index in [1.807, 2.05) is 13.1 Å². The minimum Gasteiger partial charge on any atom is -0.377 e. The largest absolute Gasteiger partial charge is 0.377 e. The first-order chi connectivity index (χ1) is 6.38. The highest BCUT2D eigenvalue weighted by Gasteiger charge is 2.23. The molecule has 1 rings (SSSR count). The lowest BCUT2D eigenvalue weighted by Crippen LogP contribution is -2.37. The SMILES string of the molecule is C=CCCCC(NC)C1CCCO1. The molecule has 0 spiro atoms. The summed E-state index contributed by atoms with van der Waals surface area (Å²) in [7, 11) is 2.03. The summed E-state index contributed by atoms with van der Waals surface area (Å²) in [5.74, 6) is 0. The van der Waals surface area contributed by atoms with E-state index in [0.717, 1.165) is 13.0 Å². The predicted molar refractivity (Wildman–Crippen MR) is 55.9 cm³/mol. The van der Waals surface area contributed by atoms with Gasteiger partial charge in [-0.25, -0.2) is 0 Å². The van der Waals surface area contributed by atoms with Crippen LogP contribution >= 0.6 is 0 Å². The van der Waals surface area contributed by atoms with Gasteiger partial charge in [-0.15, -0.1) is 6.58 Å². The van der Waals surface area contributed by atoms with Crippen molar-refractivity contribution in [3.05, 3.63) is 12.7 Å². The highest BCUT2D eigenvalue weighted by Crippen LogP contribution is 2.18. The minimum atomic E-state index is 0.454. The molecule has 0 bridgehead atoms. The predicted octanol–water partition coefficient (Wildman–Crippen LogP) is 2.11. The first-order valence-corrected chi connectivity index (χ1v) is 5.28. The van der Waals surface area contributed by atoms with E-state index >= 15 is 0 Å². The lowest BCUT2D eigenvalue weighted by molar-refractivity contribution is 0.0775. The van der Waals surface area contributed by atoms with Gasteiger partial charge in [0.05, 0.1) is 6.10 Å². The number of nitrogens with one attached hydrogen (secondary N) is 1. The van der Waals surface area contributed by atoms with Crippen molar-refractivity contribution in [2.45, 2.75) is 44.2 Å². The monoisotopic (exact) mass is 183 g/mol. The van der Waals surface area contributed by atoms with Crippen molar-refractivity contribution in [2.24, 2.45) is 0 Å². The summed E-state index contributed by atoms with van der Waals surface area (Å²) in [6, 6.07) is 0.544. The molecule has 0 saturated carbocycles. The molecule has 0 aromatic heterocycles. The first-order valence-electron chi connectivity index (χ1n) is 5.28. The molecule has 2 unspecified atom stereocenters. The standard InChI is InChI=1S/C11H21NO/c1-3-4-5-7-10(12-2)11-8-6-9-13-11/h3,10-12H,1,4-9H2,2H3. The highest BCUT2D eigenvalue weighted by molar-refractivity contribution is 4.80. The molecule has 1 N–H and O–H groups in total. The Morgan fingerprint density at radius 3 is 3.08 bits per heavy atom. The van der Waals surface area contributed by atoms with Crippen LogP contribution in [0.4, 0.5) is 0 Å². The molecule has 0 aromatic carbocycles. The van der Waals surface area contributed by atoms with Gasteiger partial charge in [-0.3, -0.25) is 0 Å². The van der Waals surface area contributed by atoms with E-state index in [2.05, 4.69) is 11.9 Å². The van der Waals surface area contributed by atoms with E-state index in [4.69, 9.17) is 4.74 Å². The maximum atomic E-state index is 5.65. The molecule has 0 amide bonds. The van der Waals surface area contributed by atoms with Crippen molar-refractivity contribution >= 4 is 0 Å². The molecule has 2 nitrogen and oxygen atoms in total. The summed E-state index contributed by atoms with van der Waals surface area (Å²) in [6.07, 6.45) is 8.42. The Hall–Kier alpha value is -0.340. The van der Waals surface area contributed by atoms with Gasteiger partial charge < -0.3 is 10.1 Å². The van der Waals surface area contributed by atoms with Gasteiger partial charge in [-0.1, -0.05) is 6.08 Å². The van der Waals surface area contributed by atoms with Crippen molar-refractivity contribution in [3.8, 4) is 0 Å². The van der Waals surface area contributed by atoms with Crippen LogP contribution in [0.1, 0.15) is 32.1 Å². The molecule has 0 aromatic rings. The van der Waals surface area contributed by atoms with Crippen LogP contribution in [0.5, 0.6) is 0 Å². The number of likely N-dealkylation sites (N-methyl/N-ethyl adjacent to an activating group) is 1. The van der Waals surface area contributed by atoms with Crippen molar-refractivity contribution in [3.63, 3.8) is 0 Å². The molecule has 2 heteroatoms. The lowest BCUT2D eigenvalue weighted by atomic mass is 10.0. The number of hydrogen-bond donors (Lipinski definition) is 1.